The highest BCUT2D eigenvalue weighted by molar-refractivity contribution is 5.67. The molecule has 4 aliphatic rings. The van der Waals surface area contributed by atoms with Gasteiger partial charge >= 0.3 is 0 Å². The van der Waals surface area contributed by atoms with Gasteiger partial charge in [-0.25, -0.2) is 0 Å². The van der Waals surface area contributed by atoms with Crippen LogP contribution in [0.25, 0.3) is 11.1 Å². The second-order valence-electron chi connectivity index (χ2n) is 14.4. The maximum Gasteiger partial charge on any atom is 0.0382 e. The van der Waals surface area contributed by atoms with E-state index in [1.165, 1.54) is 50.2 Å². The fraction of sp³-hybridized carbons (Fsp3) is 0.200. The summed E-state index contributed by atoms with van der Waals surface area (Å²) in [6.07, 6.45) is 38.9. The van der Waals surface area contributed by atoms with Crippen LogP contribution in [0.1, 0.15) is 56.1 Å². The summed E-state index contributed by atoms with van der Waals surface area (Å²) in [6, 6.07) is 26.3. The fourth-order valence-corrected chi connectivity index (χ4v) is 7.39. The molecule has 3 atom stereocenters. The maximum atomic E-state index is 4.46. The van der Waals surface area contributed by atoms with Crippen LogP contribution in [-0.4, -0.2) is 0 Å². The first-order valence-corrected chi connectivity index (χ1v) is 18.8. The summed E-state index contributed by atoms with van der Waals surface area (Å²) in [5.41, 5.74) is 15.3. The summed E-state index contributed by atoms with van der Waals surface area (Å²) in [6.45, 7) is 8.75. The Labute approximate surface area is 311 Å². The number of hydrogen-bond acceptors (Lipinski definition) is 2. The molecule has 0 aliphatic heterocycles. The SMILES string of the molecule is C=C(/C=C\C=C/Nc1ccc(C2C=CC(C)=CC2)cc1)C1C=CC=C(C2=CC=C(Nc3ccc(-c4ccc(C)cc4)cc3)C(C3=CCCC=C3)C2)C1. The predicted molar refractivity (Wildman–Crippen MR) is 224 cm³/mol. The summed E-state index contributed by atoms with van der Waals surface area (Å²) in [4.78, 5) is 0. The molecule has 260 valence electrons. The third-order valence-electron chi connectivity index (χ3n) is 10.6. The molecule has 3 aromatic rings. The Morgan fingerprint density at radius 2 is 1.48 bits per heavy atom. The van der Waals surface area contributed by atoms with Crippen LogP contribution >= 0.6 is 0 Å². The van der Waals surface area contributed by atoms with Crippen molar-refractivity contribution in [3.8, 4) is 11.1 Å². The summed E-state index contributed by atoms with van der Waals surface area (Å²) in [7, 11) is 0. The lowest BCUT2D eigenvalue weighted by Crippen LogP contribution is -2.19. The van der Waals surface area contributed by atoms with Gasteiger partial charge in [-0.2, -0.15) is 0 Å². The van der Waals surface area contributed by atoms with Gasteiger partial charge in [-0.15, -0.1) is 0 Å². The van der Waals surface area contributed by atoms with Crippen molar-refractivity contribution in [1.29, 1.82) is 0 Å². The van der Waals surface area contributed by atoms with E-state index in [9.17, 15) is 0 Å². The van der Waals surface area contributed by atoms with Gasteiger partial charge in [-0.1, -0.05) is 139 Å². The van der Waals surface area contributed by atoms with E-state index in [0.717, 1.165) is 49.1 Å². The number of anilines is 2. The minimum atomic E-state index is 0.279. The molecule has 0 radical (unpaired) electrons. The van der Waals surface area contributed by atoms with Crippen LogP contribution in [0.4, 0.5) is 11.4 Å². The molecule has 3 unspecified atom stereocenters. The predicted octanol–water partition coefficient (Wildman–Crippen LogP) is 13.4. The third kappa shape index (κ3) is 8.82. The van der Waals surface area contributed by atoms with Gasteiger partial charge in [0.05, 0.1) is 0 Å². The Kier molecular flexibility index (Phi) is 11.1. The van der Waals surface area contributed by atoms with Gasteiger partial charge < -0.3 is 10.6 Å². The molecule has 0 aromatic heterocycles. The van der Waals surface area contributed by atoms with Gasteiger partial charge in [0.15, 0.2) is 0 Å². The van der Waals surface area contributed by atoms with Crippen LogP contribution in [0.2, 0.25) is 0 Å². The highest BCUT2D eigenvalue weighted by Gasteiger charge is 2.26. The summed E-state index contributed by atoms with van der Waals surface area (Å²) >= 11 is 0. The third-order valence-corrected chi connectivity index (χ3v) is 10.6. The van der Waals surface area contributed by atoms with E-state index < -0.39 is 0 Å². The number of aryl methyl sites for hydroxylation is 1. The first kappa shape index (κ1) is 34.8. The average Bonchev–Trinajstić information content (AvgIpc) is 3.19. The quantitative estimate of drug-likeness (QED) is 0.197. The molecule has 2 N–H and O–H groups in total. The molecule has 0 heterocycles. The largest absolute Gasteiger partial charge is 0.362 e. The van der Waals surface area contributed by atoms with E-state index in [4.69, 9.17) is 0 Å². The van der Waals surface area contributed by atoms with Gasteiger partial charge in [-0.05, 0) is 121 Å². The van der Waals surface area contributed by atoms with E-state index in [1.807, 2.05) is 6.20 Å². The van der Waals surface area contributed by atoms with Crippen LogP contribution in [-0.2, 0) is 0 Å². The van der Waals surface area contributed by atoms with Crippen molar-refractivity contribution < 1.29 is 0 Å². The first-order valence-electron chi connectivity index (χ1n) is 18.8. The summed E-state index contributed by atoms with van der Waals surface area (Å²) < 4.78 is 0. The molecular formula is C50H50N2. The Bertz CT molecular complexity index is 2070. The van der Waals surface area contributed by atoms with E-state index in [2.05, 4.69) is 189 Å². The molecule has 4 aliphatic carbocycles. The molecule has 52 heavy (non-hydrogen) atoms. The van der Waals surface area contributed by atoms with Crippen LogP contribution in [0, 0.1) is 18.8 Å². The fourth-order valence-electron chi connectivity index (χ4n) is 7.39. The van der Waals surface area contributed by atoms with Crippen LogP contribution in [0.5, 0.6) is 0 Å². The van der Waals surface area contributed by atoms with E-state index >= 15 is 0 Å². The normalized spacial score (nSPS) is 21.3. The van der Waals surface area contributed by atoms with Gasteiger partial charge in [0, 0.05) is 41.0 Å². The minimum Gasteiger partial charge on any atom is -0.362 e. The van der Waals surface area contributed by atoms with Crippen LogP contribution < -0.4 is 10.6 Å². The number of nitrogens with one attached hydrogen (secondary N) is 2. The van der Waals surface area contributed by atoms with Crippen molar-refractivity contribution in [2.75, 3.05) is 10.6 Å². The summed E-state index contributed by atoms with van der Waals surface area (Å²) in [5.74, 6) is 1.04. The monoisotopic (exact) mass is 678 g/mol. The number of hydrogen-bond donors (Lipinski definition) is 2. The van der Waals surface area contributed by atoms with Crippen molar-refractivity contribution in [1.82, 2.24) is 0 Å². The molecule has 0 amide bonds. The Hall–Kier alpha value is -5.60. The zero-order valence-electron chi connectivity index (χ0n) is 30.6. The zero-order valence-corrected chi connectivity index (χ0v) is 30.6. The van der Waals surface area contributed by atoms with Gasteiger partial charge in [0.25, 0.3) is 0 Å². The van der Waals surface area contributed by atoms with Crippen LogP contribution in [0.15, 0.2) is 204 Å². The molecule has 2 nitrogen and oxygen atoms in total. The van der Waals surface area contributed by atoms with Gasteiger partial charge in [0.1, 0.15) is 0 Å². The van der Waals surface area contributed by atoms with E-state index in [0.29, 0.717) is 11.8 Å². The number of allylic oxidation sites excluding steroid dienone is 19. The van der Waals surface area contributed by atoms with E-state index in [-0.39, 0.29) is 5.92 Å². The van der Waals surface area contributed by atoms with Crippen molar-refractivity contribution in [3.05, 3.63) is 215 Å². The second kappa shape index (κ2) is 16.6. The maximum absolute atomic E-state index is 4.46. The van der Waals surface area contributed by atoms with E-state index in [1.54, 1.807) is 0 Å². The molecule has 0 saturated heterocycles. The lowest BCUT2D eigenvalue weighted by Gasteiger charge is -2.30. The number of benzene rings is 3. The summed E-state index contributed by atoms with van der Waals surface area (Å²) in [5, 5.41) is 7.20. The molecule has 2 heteroatoms. The average molecular weight is 679 g/mol. The highest BCUT2D eigenvalue weighted by atomic mass is 14.9. The lowest BCUT2D eigenvalue weighted by molar-refractivity contribution is 0.681. The van der Waals surface area contributed by atoms with Crippen LogP contribution in [0.3, 0.4) is 0 Å². The zero-order chi connectivity index (χ0) is 35.7. The Morgan fingerprint density at radius 1 is 0.731 bits per heavy atom. The number of rotatable bonds is 11. The topological polar surface area (TPSA) is 24.1 Å². The van der Waals surface area contributed by atoms with Crippen molar-refractivity contribution in [2.24, 2.45) is 11.8 Å². The Balaban J connectivity index is 0.965. The Morgan fingerprint density at radius 3 is 2.21 bits per heavy atom. The standard InChI is InChI=1S/C50H50N2/c1-36-15-19-39(20-16-36)41-23-28-47(29-24-41)51-33-8-7-10-38(3)44-13-9-14-45(34-44)46-27-32-50(49(35-46)43-11-5-4-6-12-43)52-48-30-25-42(26-31-48)40-21-17-37(2)18-22-40/h5,7-19,21-33,39,44,49,51-52H,3-4,6,20,34-35H2,1-2H3/b10-7-,33-8-. The lowest BCUT2D eigenvalue weighted by atomic mass is 9.77. The molecule has 0 bridgehead atoms. The minimum absolute atomic E-state index is 0.279. The molecule has 7 rings (SSSR count). The van der Waals surface area contributed by atoms with Gasteiger partial charge in [-0.3, -0.25) is 0 Å². The smallest absolute Gasteiger partial charge is 0.0382 e. The second-order valence-corrected chi connectivity index (χ2v) is 14.4. The van der Waals surface area contributed by atoms with Crippen molar-refractivity contribution in [2.45, 2.75) is 51.9 Å². The van der Waals surface area contributed by atoms with Crippen molar-refractivity contribution >= 4 is 11.4 Å². The molecule has 0 fully saturated rings. The van der Waals surface area contributed by atoms with Gasteiger partial charge in [0.2, 0.25) is 0 Å². The molecular weight excluding hydrogens is 629 g/mol. The molecule has 3 aromatic carbocycles. The van der Waals surface area contributed by atoms with Crippen molar-refractivity contribution in [3.63, 3.8) is 0 Å². The molecule has 0 spiro atoms. The highest BCUT2D eigenvalue weighted by Crippen LogP contribution is 2.40. The first-order chi connectivity index (χ1) is 25.5. The molecule has 0 saturated carbocycles.